The minimum absolute atomic E-state index is 0.0659. The van der Waals surface area contributed by atoms with Gasteiger partial charge in [-0.25, -0.2) is 0 Å². The fourth-order valence-electron chi connectivity index (χ4n) is 3.37. The number of hydrogen-bond acceptors (Lipinski definition) is 3. The smallest absolute Gasteiger partial charge is 0.240 e. The Labute approximate surface area is 147 Å². The van der Waals surface area contributed by atoms with Gasteiger partial charge >= 0.3 is 0 Å². The first kappa shape index (κ1) is 18.9. The molecule has 1 aromatic carbocycles. The molecule has 0 radical (unpaired) electrons. The van der Waals surface area contributed by atoms with E-state index in [1.165, 1.54) is 5.56 Å². The van der Waals surface area contributed by atoms with Gasteiger partial charge in [-0.3, -0.25) is 9.69 Å². The first-order valence-corrected chi connectivity index (χ1v) is 9.00. The predicted octanol–water partition coefficient (Wildman–Crippen LogP) is 2.87. The monoisotopic (exact) mass is 331 g/mol. The van der Waals surface area contributed by atoms with Gasteiger partial charge in [0.1, 0.15) is 0 Å². The molecule has 0 spiro atoms. The summed E-state index contributed by atoms with van der Waals surface area (Å²) >= 11 is 0. The molecule has 0 bridgehead atoms. The van der Waals surface area contributed by atoms with E-state index in [2.05, 4.69) is 42.2 Å². The van der Waals surface area contributed by atoms with Gasteiger partial charge in [-0.05, 0) is 30.7 Å². The highest BCUT2D eigenvalue weighted by atomic mass is 16.2. The maximum Gasteiger partial charge on any atom is 0.240 e. The molecule has 1 aliphatic rings. The van der Waals surface area contributed by atoms with E-state index in [-0.39, 0.29) is 17.4 Å². The number of carbonyl (C=O) groups excluding carboxylic acids is 1. The van der Waals surface area contributed by atoms with E-state index < -0.39 is 6.04 Å². The van der Waals surface area contributed by atoms with Crippen molar-refractivity contribution in [2.75, 3.05) is 13.6 Å². The van der Waals surface area contributed by atoms with Crippen LogP contribution in [0, 0.1) is 5.41 Å². The minimum Gasteiger partial charge on any atom is -0.341 e. The molecule has 2 N–H and O–H groups in total. The Morgan fingerprint density at radius 3 is 2.50 bits per heavy atom. The molecular formula is C20H33N3O. The summed E-state index contributed by atoms with van der Waals surface area (Å²) in [5, 5.41) is 0. The van der Waals surface area contributed by atoms with Gasteiger partial charge in [-0.2, -0.15) is 0 Å². The minimum atomic E-state index is -0.444. The molecule has 3 atom stereocenters. The van der Waals surface area contributed by atoms with Crippen molar-refractivity contribution in [3.8, 4) is 0 Å². The first-order chi connectivity index (χ1) is 11.2. The summed E-state index contributed by atoms with van der Waals surface area (Å²) in [7, 11) is 1.91. The molecule has 1 heterocycles. The van der Waals surface area contributed by atoms with Crippen molar-refractivity contribution >= 4 is 5.91 Å². The van der Waals surface area contributed by atoms with E-state index in [9.17, 15) is 4.79 Å². The molecule has 0 saturated carbocycles. The zero-order valence-electron chi connectivity index (χ0n) is 15.8. The lowest BCUT2D eigenvalue weighted by Gasteiger charge is -2.42. The molecule has 4 heteroatoms. The lowest BCUT2D eigenvalue weighted by atomic mass is 9.86. The SMILES string of the molecule is C[C@@H]1C[C@@H](N(C)C(=O)[C@@H](N)C(C)(C)C)CCN1Cc1ccccc1. The third-order valence-corrected chi connectivity index (χ3v) is 5.31. The maximum atomic E-state index is 12.7. The van der Waals surface area contributed by atoms with Crippen LogP contribution in [0.3, 0.4) is 0 Å². The molecule has 1 amide bonds. The van der Waals surface area contributed by atoms with Crippen LogP contribution in [0.15, 0.2) is 30.3 Å². The van der Waals surface area contributed by atoms with Crippen LogP contribution in [0.25, 0.3) is 0 Å². The van der Waals surface area contributed by atoms with E-state index in [1.807, 2.05) is 32.7 Å². The zero-order chi connectivity index (χ0) is 17.9. The van der Waals surface area contributed by atoms with Gasteiger partial charge in [0.05, 0.1) is 6.04 Å². The largest absolute Gasteiger partial charge is 0.341 e. The van der Waals surface area contributed by atoms with Gasteiger partial charge in [-0.15, -0.1) is 0 Å². The van der Waals surface area contributed by atoms with Crippen molar-refractivity contribution in [1.29, 1.82) is 0 Å². The van der Waals surface area contributed by atoms with Crippen LogP contribution in [0.2, 0.25) is 0 Å². The number of benzene rings is 1. The van der Waals surface area contributed by atoms with Crippen LogP contribution >= 0.6 is 0 Å². The van der Waals surface area contributed by atoms with Crippen LogP contribution in [-0.2, 0) is 11.3 Å². The lowest BCUT2D eigenvalue weighted by molar-refractivity contribution is -0.137. The van der Waals surface area contributed by atoms with Crippen LogP contribution in [0.4, 0.5) is 0 Å². The summed E-state index contributed by atoms with van der Waals surface area (Å²) in [4.78, 5) is 17.1. The molecule has 24 heavy (non-hydrogen) atoms. The molecule has 0 aliphatic carbocycles. The Hall–Kier alpha value is -1.39. The summed E-state index contributed by atoms with van der Waals surface area (Å²) in [6.07, 6.45) is 2.02. The van der Waals surface area contributed by atoms with Crippen LogP contribution < -0.4 is 5.73 Å². The van der Waals surface area contributed by atoms with Crippen molar-refractivity contribution in [3.05, 3.63) is 35.9 Å². The predicted molar refractivity (Wildman–Crippen MR) is 99.5 cm³/mol. The van der Waals surface area contributed by atoms with E-state index in [1.54, 1.807) is 0 Å². The third kappa shape index (κ3) is 4.58. The molecule has 0 aromatic heterocycles. The van der Waals surface area contributed by atoms with Gasteiger partial charge in [-0.1, -0.05) is 51.1 Å². The number of rotatable bonds is 4. The maximum absolute atomic E-state index is 12.7. The van der Waals surface area contributed by atoms with E-state index in [4.69, 9.17) is 5.73 Å². The second-order valence-corrected chi connectivity index (χ2v) is 8.28. The van der Waals surface area contributed by atoms with E-state index in [0.717, 1.165) is 25.9 Å². The van der Waals surface area contributed by atoms with Crippen molar-refractivity contribution in [2.45, 2.75) is 65.2 Å². The second kappa shape index (κ2) is 7.66. The number of amides is 1. The number of carbonyl (C=O) groups is 1. The van der Waals surface area contributed by atoms with Crippen LogP contribution in [-0.4, -0.2) is 47.4 Å². The summed E-state index contributed by atoms with van der Waals surface area (Å²) in [6, 6.07) is 10.9. The Kier molecular flexibility index (Phi) is 6.05. The number of piperidine rings is 1. The van der Waals surface area contributed by atoms with Crippen molar-refractivity contribution in [2.24, 2.45) is 11.1 Å². The average Bonchev–Trinajstić information content (AvgIpc) is 2.54. The Morgan fingerprint density at radius 1 is 1.33 bits per heavy atom. The van der Waals surface area contributed by atoms with Crippen molar-refractivity contribution in [1.82, 2.24) is 9.80 Å². The summed E-state index contributed by atoms with van der Waals surface area (Å²) in [6.45, 7) is 10.3. The first-order valence-electron chi connectivity index (χ1n) is 9.00. The van der Waals surface area contributed by atoms with E-state index >= 15 is 0 Å². The highest BCUT2D eigenvalue weighted by Crippen LogP contribution is 2.25. The third-order valence-electron chi connectivity index (χ3n) is 5.31. The lowest BCUT2D eigenvalue weighted by Crippen LogP contribution is -2.55. The number of nitrogens with two attached hydrogens (primary N) is 1. The fourth-order valence-corrected chi connectivity index (χ4v) is 3.37. The number of likely N-dealkylation sites (N-methyl/N-ethyl adjacent to an activating group) is 1. The Morgan fingerprint density at radius 2 is 1.96 bits per heavy atom. The normalized spacial score (nSPS) is 23.8. The molecule has 1 fully saturated rings. The molecule has 1 aromatic rings. The molecule has 0 unspecified atom stereocenters. The molecule has 134 valence electrons. The second-order valence-electron chi connectivity index (χ2n) is 8.28. The summed E-state index contributed by atoms with van der Waals surface area (Å²) in [5.74, 6) is 0.0659. The van der Waals surface area contributed by atoms with Gasteiger partial charge in [0, 0.05) is 32.2 Å². The highest BCUT2D eigenvalue weighted by Gasteiger charge is 2.35. The number of hydrogen-bond donors (Lipinski definition) is 1. The van der Waals surface area contributed by atoms with Gasteiger partial charge in [0.2, 0.25) is 5.91 Å². The van der Waals surface area contributed by atoms with Crippen LogP contribution in [0.5, 0.6) is 0 Å². The average molecular weight is 332 g/mol. The highest BCUT2D eigenvalue weighted by molar-refractivity contribution is 5.82. The van der Waals surface area contributed by atoms with Crippen molar-refractivity contribution in [3.63, 3.8) is 0 Å². The number of likely N-dealkylation sites (tertiary alicyclic amines) is 1. The van der Waals surface area contributed by atoms with Crippen LogP contribution in [0.1, 0.15) is 46.1 Å². The summed E-state index contributed by atoms with van der Waals surface area (Å²) < 4.78 is 0. The van der Waals surface area contributed by atoms with Gasteiger partial charge in [0.25, 0.3) is 0 Å². The quantitative estimate of drug-likeness (QED) is 0.923. The fraction of sp³-hybridized carbons (Fsp3) is 0.650. The number of nitrogens with zero attached hydrogens (tertiary/aromatic N) is 2. The van der Waals surface area contributed by atoms with Crippen molar-refractivity contribution < 1.29 is 4.79 Å². The van der Waals surface area contributed by atoms with E-state index in [0.29, 0.717) is 6.04 Å². The molecular weight excluding hydrogens is 298 g/mol. The molecule has 2 rings (SSSR count). The standard InChI is InChI=1S/C20H33N3O/c1-15-13-17(22(5)19(24)18(21)20(2,3)4)11-12-23(15)14-16-9-7-6-8-10-16/h6-10,15,17-18H,11-14,21H2,1-5H3/t15-,17+,18-/m1/s1. The Balaban J connectivity index is 1.93. The molecule has 4 nitrogen and oxygen atoms in total. The molecule has 1 aliphatic heterocycles. The zero-order valence-corrected chi connectivity index (χ0v) is 15.8. The topological polar surface area (TPSA) is 49.6 Å². The van der Waals surface area contributed by atoms with Gasteiger partial charge in [0.15, 0.2) is 0 Å². The Bertz CT molecular complexity index is 538. The van der Waals surface area contributed by atoms with Gasteiger partial charge < -0.3 is 10.6 Å². The molecule has 1 saturated heterocycles. The summed E-state index contributed by atoms with van der Waals surface area (Å²) in [5.41, 5.74) is 7.31.